The van der Waals surface area contributed by atoms with E-state index in [0.29, 0.717) is 23.7 Å². The van der Waals surface area contributed by atoms with Gasteiger partial charge in [0.2, 0.25) is 5.91 Å². The van der Waals surface area contributed by atoms with Gasteiger partial charge in [-0.05, 0) is 50.9 Å². The summed E-state index contributed by atoms with van der Waals surface area (Å²) in [7, 11) is 0. The van der Waals surface area contributed by atoms with E-state index in [9.17, 15) is 9.59 Å². The van der Waals surface area contributed by atoms with Gasteiger partial charge in [0, 0.05) is 13.1 Å². The monoisotopic (exact) mass is 363 g/mol. The van der Waals surface area contributed by atoms with E-state index in [0.717, 1.165) is 38.8 Å². The van der Waals surface area contributed by atoms with E-state index in [4.69, 9.17) is 11.6 Å². The minimum atomic E-state index is -0.316. The number of nitrogens with one attached hydrogen (secondary N) is 2. The van der Waals surface area contributed by atoms with Crippen LogP contribution in [0.25, 0.3) is 0 Å². The number of carbonyl (C=O) groups excluding carboxylic acids is 2. The van der Waals surface area contributed by atoms with Crippen molar-refractivity contribution in [2.24, 2.45) is 0 Å². The SMILES string of the molecule is O=C(NCCNC(=O)C1(N2CCCC2)CCCC1)c1ccccc1Cl. The average molecular weight is 364 g/mol. The molecule has 2 fully saturated rings. The molecule has 1 aromatic carbocycles. The third-order valence-electron chi connectivity index (χ3n) is 5.38. The van der Waals surface area contributed by atoms with Gasteiger partial charge in [0.25, 0.3) is 5.91 Å². The molecule has 1 saturated heterocycles. The average Bonchev–Trinajstić information content (AvgIpc) is 3.30. The van der Waals surface area contributed by atoms with Crippen LogP contribution in [0.5, 0.6) is 0 Å². The van der Waals surface area contributed by atoms with Gasteiger partial charge in [-0.3, -0.25) is 14.5 Å². The lowest BCUT2D eigenvalue weighted by Crippen LogP contribution is -2.57. The molecule has 2 N–H and O–H groups in total. The predicted octanol–water partition coefficient (Wildman–Crippen LogP) is 2.59. The fraction of sp³-hybridized carbons (Fsp3) is 0.579. The van der Waals surface area contributed by atoms with E-state index in [-0.39, 0.29) is 17.4 Å². The summed E-state index contributed by atoms with van der Waals surface area (Å²) in [5, 5.41) is 6.28. The number of amides is 2. The largest absolute Gasteiger partial charge is 0.353 e. The molecule has 2 aliphatic rings. The van der Waals surface area contributed by atoms with Gasteiger partial charge >= 0.3 is 0 Å². The van der Waals surface area contributed by atoms with E-state index >= 15 is 0 Å². The first-order valence-electron chi connectivity index (χ1n) is 9.19. The molecule has 6 heteroatoms. The number of hydrogen-bond acceptors (Lipinski definition) is 3. The molecule has 25 heavy (non-hydrogen) atoms. The second kappa shape index (κ2) is 8.19. The van der Waals surface area contributed by atoms with Crippen molar-refractivity contribution in [2.75, 3.05) is 26.2 Å². The Morgan fingerprint density at radius 2 is 1.64 bits per heavy atom. The standard InChI is InChI=1S/C19H26ClN3O2/c20-16-8-2-1-7-15(16)17(24)21-11-12-22-18(25)19(9-3-4-10-19)23-13-5-6-14-23/h1-2,7-8H,3-6,9-14H2,(H,21,24)(H,22,25). The van der Waals surface area contributed by atoms with Crippen LogP contribution >= 0.6 is 11.6 Å². The second-order valence-corrected chi connectivity index (χ2v) is 7.33. The first-order valence-corrected chi connectivity index (χ1v) is 9.57. The molecule has 3 rings (SSSR count). The molecule has 0 radical (unpaired) electrons. The molecular weight excluding hydrogens is 338 g/mol. The topological polar surface area (TPSA) is 61.4 Å². The summed E-state index contributed by atoms with van der Waals surface area (Å²) < 4.78 is 0. The van der Waals surface area contributed by atoms with Gasteiger partial charge < -0.3 is 10.6 Å². The summed E-state index contributed by atoms with van der Waals surface area (Å²) >= 11 is 6.02. The summed E-state index contributed by atoms with van der Waals surface area (Å²) in [4.78, 5) is 27.3. The van der Waals surface area contributed by atoms with Crippen LogP contribution in [0.1, 0.15) is 48.9 Å². The zero-order chi connectivity index (χ0) is 17.7. The van der Waals surface area contributed by atoms with Gasteiger partial charge in [0.05, 0.1) is 10.6 Å². The molecule has 0 atom stereocenters. The lowest BCUT2D eigenvalue weighted by molar-refractivity contribution is -0.132. The van der Waals surface area contributed by atoms with Gasteiger partial charge in [0.1, 0.15) is 5.54 Å². The van der Waals surface area contributed by atoms with E-state index < -0.39 is 0 Å². The van der Waals surface area contributed by atoms with Gasteiger partial charge in [0.15, 0.2) is 0 Å². The zero-order valence-electron chi connectivity index (χ0n) is 14.5. The molecule has 0 aromatic heterocycles. The molecule has 1 aliphatic carbocycles. The number of rotatable bonds is 6. The maximum absolute atomic E-state index is 12.8. The van der Waals surface area contributed by atoms with Crippen molar-refractivity contribution in [1.29, 1.82) is 0 Å². The number of carbonyl (C=O) groups is 2. The number of benzene rings is 1. The highest BCUT2D eigenvalue weighted by Crippen LogP contribution is 2.37. The molecule has 136 valence electrons. The Kier molecular flexibility index (Phi) is 5.97. The van der Waals surface area contributed by atoms with Crippen molar-refractivity contribution in [3.8, 4) is 0 Å². The predicted molar refractivity (Wildman–Crippen MR) is 98.8 cm³/mol. The highest BCUT2D eigenvalue weighted by molar-refractivity contribution is 6.33. The smallest absolute Gasteiger partial charge is 0.252 e. The van der Waals surface area contributed by atoms with Crippen molar-refractivity contribution in [3.05, 3.63) is 34.9 Å². The van der Waals surface area contributed by atoms with Crippen molar-refractivity contribution in [1.82, 2.24) is 15.5 Å². The Hall–Kier alpha value is -1.59. The lowest BCUT2D eigenvalue weighted by Gasteiger charge is -2.37. The van der Waals surface area contributed by atoms with E-state index in [1.54, 1.807) is 24.3 Å². The summed E-state index contributed by atoms with van der Waals surface area (Å²) in [6.07, 6.45) is 6.50. The van der Waals surface area contributed by atoms with E-state index in [1.807, 2.05) is 0 Å². The maximum Gasteiger partial charge on any atom is 0.252 e. The Morgan fingerprint density at radius 3 is 2.32 bits per heavy atom. The van der Waals surface area contributed by atoms with Crippen LogP contribution in [0.2, 0.25) is 5.02 Å². The molecule has 1 heterocycles. The number of halogens is 1. The van der Waals surface area contributed by atoms with Crippen LogP contribution in [0.3, 0.4) is 0 Å². The molecule has 2 amide bonds. The van der Waals surface area contributed by atoms with Crippen molar-refractivity contribution < 1.29 is 9.59 Å². The van der Waals surface area contributed by atoms with Crippen LogP contribution in [0, 0.1) is 0 Å². The second-order valence-electron chi connectivity index (χ2n) is 6.92. The third kappa shape index (κ3) is 3.98. The minimum absolute atomic E-state index is 0.124. The van der Waals surface area contributed by atoms with Gasteiger partial charge in [-0.2, -0.15) is 0 Å². The fourth-order valence-electron chi connectivity index (χ4n) is 4.05. The van der Waals surface area contributed by atoms with Gasteiger partial charge in [-0.25, -0.2) is 0 Å². The highest BCUT2D eigenvalue weighted by Gasteiger charge is 2.46. The van der Waals surface area contributed by atoms with Crippen molar-refractivity contribution in [2.45, 2.75) is 44.1 Å². The van der Waals surface area contributed by atoms with Crippen LogP contribution in [0.4, 0.5) is 0 Å². The molecule has 1 saturated carbocycles. The first kappa shape index (κ1) is 18.2. The minimum Gasteiger partial charge on any atom is -0.353 e. The van der Waals surface area contributed by atoms with E-state index in [1.165, 1.54) is 12.8 Å². The Bertz CT molecular complexity index is 623. The zero-order valence-corrected chi connectivity index (χ0v) is 15.3. The Labute approximate surface area is 154 Å². The summed E-state index contributed by atoms with van der Waals surface area (Å²) in [5.74, 6) is -0.0890. The van der Waals surface area contributed by atoms with E-state index in [2.05, 4.69) is 15.5 Å². The number of nitrogens with zero attached hydrogens (tertiary/aromatic N) is 1. The Morgan fingerprint density at radius 1 is 1.00 bits per heavy atom. The van der Waals surface area contributed by atoms with Crippen LogP contribution < -0.4 is 10.6 Å². The normalized spacial score (nSPS) is 19.7. The fourth-order valence-corrected chi connectivity index (χ4v) is 4.27. The van der Waals surface area contributed by atoms with Gasteiger partial charge in [-0.15, -0.1) is 0 Å². The molecule has 1 aliphatic heterocycles. The molecule has 1 aromatic rings. The summed E-state index contributed by atoms with van der Waals surface area (Å²) in [6.45, 7) is 2.88. The first-order chi connectivity index (χ1) is 12.1. The number of likely N-dealkylation sites (tertiary alicyclic amines) is 1. The lowest BCUT2D eigenvalue weighted by atomic mass is 9.94. The molecule has 0 unspecified atom stereocenters. The van der Waals surface area contributed by atoms with Crippen molar-refractivity contribution >= 4 is 23.4 Å². The van der Waals surface area contributed by atoms with Crippen molar-refractivity contribution in [3.63, 3.8) is 0 Å². The molecule has 0 bridgehead atoms. The van der Waals surface area contributed by atoms with Crippen LogP contribution in [0.15, 0.2) is 24.3 Å². The van der Waals surface area contributed by atoms with Crippen LogP contribution in [-0.2, 0) is 4.79 Å². The third-order valence-corrected chi connectivity index (χ3v) is 5.71. The maximum atomic E-state index is 12.8. The molecule has 5 nitrogen and oxygen atoms in total. The highest BCUT2D eigenvalue weighted by atomic mass is 35.5. The summed E-state index contributed by atoms with van der Waals surface area (Å²) in [6, 6.07) is 6.95. The van der Waals surface area contributed by atoms with Gasteiger partial charge in [-0.1, -0.05) is 36.6 Å². The van der Waals surface area contributed by atoms with Crippen LogP contribution in [-0.4, -0.2) is 48.4 Å². The molecule has 0 spiro atoms. The quantitative estimate of drug-likeness (QED) is 0.764. The Balaban J connectivity index is 1.49. The summed E-state index contributed by atoms with van der Waals surface area (Å²) in [5.41, 5.74) is 0.142. The molecular formula is C19H26ClN3O2. The number of hydrogen-bond donors (Lipinski definition) is 2.